The second kappa shape index (κ2) is 53.4. The van der Waals surface area contributed by atoms with Crippen LogP contribution in [0, 0.1) is 12.8 Å². The van der Waals surface area contributed by atoms with E-state index in [-0.39, 0.29) is 33.9 Å². The zero-order chi connectivity index (χ0) is 14.6. The summed E-state index contributed by atoms with van der Waals surface area (Å²) in [5, 5.41) is 16.1. The maximum absolute atomic E-state index is 8.25. The molecule has 2 N–H and O–H groups in total. The second-order valence-electron chi connectivity index (χ2n) is 3.34. The van der Waals surface area contributed by atoms with Gasteiger partial charge in [-0.1, -0.05) is 0 Å². The van der Waals surface area contributed by atoms with E-state index in [4.69, 9.17) is 13.5 Å². The molecule has 0 saturated heterocycles. The predicted molar refractivity (Wildman–Crippen MR) is 66.7 cm³/mol. The maximum atomic E-state index is 8.25. The van der Waals surface area contributed by atoms with Crippen molar-refractivity contribution >= 4 is 0 Å². The molecule has 0 aliphatic heterocycles. The number of rotatable bonds is 0. The standard InChI is InChI=1S/2C3H8O.2C3H7.O.2Ti/c2*1-3(2)4;2*1-3-2;;;/h2*3-4H,1-2H3;2*3H,1-2H3;;;/q;;2*-1;;;+2. The molecular formula is C12H30O3Ti2. The minimum atomic E-state index is -0.167. The third-order valence-corrected chi connectivity index (χ3v) is 0. The molecule has 0 bridgehead atoms. The van der Waals surface area contributed by atoms with Gasteiger partial charge in [0.25, 0.3) is 0 Å². The van der Waals surface area contributed by atoms with Gasteiger partial charge in [-0.3, -0.25) is 0 Å². The normalized spacial score (nSPS) is 6.71. The third kappa shape index (κ3) is 2980. The summed E-state index contributed by atoms with van der Waals surface area (Å²) in [5.41, 5.74) is 0. The zero-order valence-electron chi connectivity index (χ0n) is 12.6. The molecule has 0 aliphatic rings. The summed E-state index contributed by atoms with van der Waals surface area (Å²) in [6.07, 6.45) is 3.67. The molecule has 5 heteroatoms. The molecule has 0 aromatic heterocycles. The van der Waals surface area contributed by atoms with Gasteiger partial charge in [-0.05, 0) is 27.7 Å². The fourth-order valence-electron chi connectivity index (χ4n) is 0. The van der Waals surface area contributed by atoms with E-state index in [0.717, 1.165) is 20.4 Å². The van der Waals surface area contributed by atoms with Crippen LogP contribution in [0.1, 0.15) is 55.4 Å². The fraction of sp³-hybridized carbons (Fsp3) is 0.833. The monoisotopic (exact) mass is 318 g/mol. The van der Waals surface area contributed by atoms with Crippen molar-refractivity contribution in [1.29, 1.82) is 0 Å². The predicted octanol–water partition coefficient (Wildman–Crippen LogP) is 3.11. The molecule has 0 fully saturated rings. The average Bonchev–Trinajstić information content (AvgIpc) is 2.07. The SMILES string of the molecule is CC(C)O.CC(C)O.C[CH-]C.C[CH-]C.[O]=[Ti+2].[Ti]. The van der Waals surface area contributed by atoms with Crippen molar-refractivity contribution in [1.82, 2.24) is 0 Å². The first-order valence-electron chi connectivity index (χ1n) is 5.34. The Kier molecular flexibility index (Phi) is 114. The summed E-state index contributed by atoms with van der Waals surface area (Å²) in [6, 6.07) is 0. The Morgan fingerprint density at radius 2 is 0.765 bits per heavy atom. The van der Waals surface area contributed by atoms with Gasteiger partial charge >= 0.3 is 23.7 Å². The molecule has 0 spiro atoms. The molecule has 104 valence electrons. The number of hydrogen-bond donors (Lipinski definition) is 2. The van der Waals surface area contributed by atoms with Crippen LogP contribution >= 0.6 is 0 Å². The molecule has 17 heavy (non-hydrogen) atoms. The Morgan fingerprint density at radius 1 is 0.765 bits per heavy atom. The van der Waals surface area contributed by atoms with Gasteiger partial charge in [0.1, 0.15) is 0 Å². The molecule has 0 unspecified atom stereocenters. The Hall–Kier alpha value is 1.15. The van der Waals surface area contributed by atoms with Gasteiger partial charge in [0.05, 0.1) is 0 Å². The first kappa shape index (κ1) is 36.2. The Labute approximate surface area is 135 Å². The third-order valence-electron chi connectivity index (χ3n) is 0. The molecule has 0 saturated carbocycles. The Bertz CT molecular complexity index is 59.3. The maximum Gasteiger partial charge on any atom is 0 e. The molecule has 0 aromatic carbocycles. The second-order valence-corrected chi connectivity index (χ2v) is 3.34. The van der Waals surface area contributed by atoms with Gasteiger partial charge in [0.15, 0.2) is 0 Å². The van der Waals surface area contributed by atoms with Crippen LogP contribution in [0.15, 0.2) is 0 Å². The first-order chi connectivity index (χ1) is 7.29. The van der Waals surface area contributed by atoms with E-state index in [1.54, 1.807) is 27.7 Å². The summed E-state index contributed by atoms with van der Waals surface area (Å²) in [7, 11) is 0. The van der Waals surface area contributed by atoms with Gasteiger partial charge in [0, 0.05) is 33.9 Å². The van der Waals surface area contributed by atoms with Crippen molar-refractivity contribution in [2.24, 2.45) is 0 Å². The van der Waals surface area contributed by atoms with Crippen molar-refractivity contribution in [3.05, 3.63) is 12.8 Å². The molecule has 0 rings (SSSR count). The van der Waals surface area contributed by atoms with E-state index in [1.807, 2.05) is 40.5 Å². The number of aliphatic hydroxyl groups excluding tert-OH is 2. The summed E-state index contributed by atoms with van der Waals surface area (Å²) < 4.78 is 8.25. The average molecular weight is 318 g/mol. The van der Waals surface area contributed by atoms with Crippen LogP contribution in [0.25, 0.3) is 0 Å². The van der Waals surface area contributed by atoms with E-state index in [1.165, 1.54) is 0 Å². The minimum absolute atomic E-state index is 0. The van der Waals surface area contributed by atoms with E-state index >= 15 is 0 Å². The Balaban J connectivity index is -0.0000000224. The number of hydrogen-bond acceptors (Lipinski definition) is 3. The van der Waals surface area contributed by atoms with Gasteiger partial charge in [-0.25, -0.2) is 0 Å². The molecule has 0 aromatic rings. The fourth-order valence-corrected chi connectivity index (χ4v) is 0. The van der Waals surface area contributed by atoms with Crippen molar-refractivity contribution in [2.75, 3.05) is 0 Å². The number of aliphatic hydroxyl groups is 2. The van der Waals surface area contributed by atoms with Crippen LogP contribution in [0.4, 0.5) is 0 Å². The molecule has 0 radical (unpaired) electrons. The van der Waals surface area contributed by atoms with Crippen LogP contribution in [-0.2, 0) is 45.4 Å². The van der Waals surface area contributed by atoms with Crippen LogP contribution < -0.4 is 0 Å². The molecule has 0 heterocycles. The van der Waals surface area contributed by atoms with Crippen molar-refractivity contribution < 1.29 is 55.7 Å². The van der Waals surface area contributed by atoms with E-state index in [9.17, 15) is 0 Å². The van der Waals surface area contributed by atoms with Crippen LogP contribution in [0.2, 0.25) is 0 Å². The van der Waals surface area contributed by atoms with Crippen LogP contribution in [0.3, 0.4) is 0 Å². The summed E-state index contributed by atoms with van der Waals surface area (Å²) in [4.78, 5) is 0. The summed E-state index contributed by atoms with van der Waals surface area (Å²) in [6.45, 7) is 14.9. The van der Waals surface area contributed by atoms with Crippen molar-refractivity contribution in [3.8, 4) is 0 Å². The van der Waals surface area contributed by atoms with E-state index in [2.05, 4.69) is 0 Å². The van der Waals surface area contributed by atoms with Crippen molar-refractivity contribution in [3.63, 3.8) is 0 Å². The van der Waals surface area contributed by atoms with Gasteiger partial charge in [-0.15, -0.1) is 0 Å². The smallest absolute Gasteiger partial charge is 0 e. The molecule has 0 atom stereocenters. The summed E-state index contributed by atoms with van der Waals surface area (Å²) in [5.74, 6) is 0. The topological polar surface area (TPSA) is 57.5 Å². The van der Waals surface area contributed by atoms with Crippen LogP contribution in [-0.4, -0.2) is 22.4 Å². The molecular weight excluding hydrogens is 288 g/mol. The van der Waals surface area contributed by atoms with E-state index < -0.39 is 0 Å². The molecule has 0 aliphatic carbocycles. The molecule has 0 amide bonds. The summed E-state index contributed by atoms with van der Waals surface area (Å²) >= 11 is 0.750. The Morgan fingerprint density at radius 3 is 0.765 bits per heavy atom. The molecule has 3 nitrogen and oxygen atoms in total. The zero-order valence-corrected chi connectivity index (χ0v) is 15.7. The van der Waals surface area contributed by atoms with Gasteiger partial charge in [0.2, 0.25) is 0 Å². The first-order valence-corrected chi connectivity index (χ1v) is 5.98. The quantitative estimate of drug-likeness (QED) is 0.533. The minimum Gasteiger partial charge on any atom is 0 e. The van der Waals surface area contributed by atoms with E-state index in [0.29, 0.717) is 0 Å². The van der Waals surface area contributed by atoms with Gasteiger partial charge < -0.3 is 23.1 Å². The largest absolute Gasteiger partial charge is 0 e. The van der Waals surface area contributed by atoms with Gasteiger partial charge in [-0.2, -0.15) is 27.7 Å². The van der Waals surface area contributed by atoms with Crippen LogP contribution in [0.5, 0.6) is 0 Å². The van der Waals surface area contributed by atoms with Crippen molar-refractivity contribution in [2.45, 2.75) is 67.6 Å².